The van der Waals surface area contributed by atoms with Crippen molar-refractivity contribution in [3.05, 3.63) is 29.3 Å². The highest BCUT2D eigenvalue weighted by Gasteiger charge is 2.15. The van der Waals surface area contributed by atoms with E-state index in [-0.39, 0.29) is 0 Å². The number of fused-ring (bicyclic) bond motifs is 1. The topological polar surface area (TPSA) is 38.3 Å². The van der Waals surface area contributed by atoms with Gasteiger partial charge in [0.2, 0.25) is 0 Å². The van der Waals surface area contributed by atoms with E-state index in [2.05, 4.69) is 16.1 Å². The number of ether oxygens (including phenoxy) is 1. The van der Waals surface area contributed by atoms with Gasteiger partial charge in [-0.25, -0.2) is 4.79 Å². The molecule has 3 nitrogen and oxygen atoms in total. The molecule has 1 amide bonds. The fourth-order valence-electron chi connectivity index (χ4n) is 1.90. The predicted octanol–water partition coefficient (Wildman–Crippen LogP) is 2.35. The van der Waals surface area contributed by atoms with Crippen molar-refractivity contribution in [3.63, 3.8) is 0 Å². The molecular weight excluding hydrogens is 178 g/mol. The third kappa shape index (κ3) is 1.58. The second-order valence-corrected chi connectivity index (χ2v) is 3.41. The van der Waals surface area contributed by atoms with Crippen LogP contribution in [0.4, 0.5) is 10.5 Å². The molecule has 0 radical (unpaired) electrons. The van der Waals surface area contributed by atoms with Gasteiger partial charge in [-0.3, -0.25) is 5.32 Å². The Morgan fingerprint density at radius 2 is 2.29 bits per heavy atom. The first-order chi connectivity index (χ1) is 6.81. The lowest BCUT2D eigenvalue weighted by atomic mass is 10.1. The van der Waals surface area contributed by atoms with Gasteiger partial charge >= 0.3 is 6.09 Å². The molecule has 0 bridgehead atoms. The van der Waals surface area contributed by atoms with Crippen molar-refractivity contribution in [1.82, 2.24) is 0 Å². The zero-order valence-corrected chi connectivity index (χ0v) is 8.17. The standard InChI is InChI=1S/C11H13NO2/c1-14-11(13)12-10-7-3-5-8-4-2-6-9(8)10/h3,5,7H,2,4,6H2,1H3,(H,12,13). The monoisotopic (exact) mass is 191 g/mol. The van der Waals surface area contributed by atoms with Crippen LogP contribution in [0.15, 0.2) is 18.2 Å². The van der Waals surface area contributed by atoms with Gasteiger partial charge < -0.3 is 4.74 Å². The molecule has 0 spiro atoms. The van der Waals surface area contributed by atoms with E-state index in [0.29, 0.717) is 0 Å². The molecule has 1 N–H and O–H groups in total. The maximum atomic E-state index is 11.0. The summed E-state index contributed by atoms with van der Waals surface area (Å²) < 4.78 is 4.56. The van der Waals surface area contributed by atoms with Crippen LogP contribution in [0.2, 0.25) is 0 Å². The fraction of sp³-hybridized carbons (Fsp3) is 0.364. The Morgan fingerprint density at radius 3 is 3.07 bits per heavy atom. The van der Waals surface area contributed by atoms with Crippen LogP contribution in [0, 0.1) is 0 Å². The van der Waals surface area contributed by atoms with Crippen LogP contribution in [-0.2, 0) is 17.6 Å². The highest BCUT2D eigenvalue weighted by atomic mass is 16.5. The first-order valence-electron chi connectivity index (χ1n) is 4.77. The molecule has 0 heterocycles. The van der Waals surface area contributed by atoms with Crippen molar-refractivity contribution >= 4 is 11.8 Å². The summed E-state index contributed by atoms with van der Waals surface area (Å²) in [5.41, 5.74) is 3.50. The van der Waals surface area contributed by atoms with E-state index < -0.39 is 6.09 Å². The molecule has 0 saturated heterocycles. The van der Waals surface area contributed by atoms with Crippen LogP contribution in [0.3, 0.4) is 0 Å². The Kier molecular flexibility index (Phi) is 2.39. The van der Waals surface area contributed by atoms with E-state index in [1.807, 2.05) is 12.1 Å². The minimum absolute atomic E-state index is 0.398. The van der Waals surface area contributed by atoms with E-state index >= 15 is 0 Å². The molecule has 0 aromatic heterocycles. The van der Waals surface area contributed by atoms with Gasteiger partial charge in [0, 0.05) is 5.69 Å². The molecule has 2 rings (SSSR count). The van der Waals surface area contributed by atoms with Gasteiger partial charge in [-0.05, 0) is 36.5 Å². The smallest absolute Gasteiger partial charge is 0.411 e. The third-order valence-corrected chi connectivity index (χ3v) is 2.57. The summed E-state index contributed by atoms with van der Waals surface area (Å²) in [7, 11) is 1.37. The third-order valence-electron chi connectivity index (χ3n) is 2.57. The molecule has 1 aromatic rings. The molecule has 0 unspecified atom stereocenters. The van der Waals surface area contributed by atoms with E-state index in [4.69, 9.17) is 0 Å². The second kappa shape index (κ2) is 3.70. The summed E-state index contributed by atoms with van der Waals surface area (Å²) in [5, 5.41) is 2.73. The summed E-state index contributed by atoms with van der Waals surface area (Å²) >= 11 is 0. The number of hydrogen-bond donors (Lipinski definition) is 1. The van der Waals surface area contributed by atoms with Gasteiger partial charge in [-0.2, -0.15) is 0 Å². The predicted molar refractivity (Wildman–Crippen MR) is 54.5 cm³/mol. The molecule has 0 saturated carbocycles. The van der Waals surface area contributed by atoms with E-state index in [1.165, 1.54) is 24.7 Å². The Morgan fingerprint density at radius 1 is 1.43 bits per heavy atom. The van der Waals surface area contributed by atoms with Gasteiger partial charge in [0.25, 0.3) is 0 Å². The summed E-state index contributed by atoms with van der Waals surface area (Å²) in [6.45, 7) is 0. The Balaban J connectivity index is 2.26. The van der Waals surface area contributed by atoms with Crippen LogP contribution in [-0.4, -0.2) is 13.2 Å². The highest BCUT2D eigenvalue weighted by Crippen LogP contribution is 2.28. The maximum absolute atomic E-state index is 11.0. The molecule has 0 aliphatic heterocycles. The van der Waals surface area contributed by atoms with Gasteiger partial charge in [-0.1, -0.05) is 12.1 Å². The van der Waals surface area contributed by atoms with Crippen molar-refractivity contribution in [2.45, 2.75) is 19.3 Å². The molecule has 3 heteroatoms. The summed E-state index contributed by atoms with van der Waals surface area (Å²) in [6.07, 6.45) is 2.95. The number of aryl methyl sites for hydroxylation is 1. The number of hydrogen-bond acceptors (Lipinski definition) is 2. The molecule has 14 heavy (non-hydrogen) atoms. The minimum atomic E-state index is -0.398. The zero-order chi connectivity index (χ0) is 9.97. The number of carbonyl (C=O) groups excluding carboxylic acids is 1. The van der Waals surface area contributed by atoms with E-state index in [0.717, 1.165) is 18.5 Å². The number of methoxy groups -OCH3 is 1. The average molecular weight is 191 g/mol. The summed E-state index contributed by atoms with van der Waals surface area (Å²) in [5.74, 6) is 0. The van der Waals surface area contributed by atoms with Crippen molar-refractivity contribution < 1.29 is 9.53 Å². The molecular formula is C11H13NO2. The first-order valence-corrected chi connectivity index (χ1v) is 4.77. The average Bonchev–Trinajstić information content (AvgIpc) is 2.66. The summed E-state index contributed by atoms with van der Waals surface area (Å²) in [6, 6.07) is 6.00. The Hall–Kier alpha value is -1.51. The van der Waals surface area contributed by atoms with Crippen LogP contribution >= 0.6 is 0 Å². The lowest BCUT2D eigenvalue weighted by molar-refractivity contribution is 0.187. The fourth-order valence-corrected chi connectivity index (χ4v) is 1.90. The normalized spacial score (nSPS) is 13.5. The number of anilines is 1. The van der Waals surface area contributed by atoms with Crippen molar-refractivity contribution in [1.29, 1.82) is 0 Å². The van der Waals surface area contributed by atoms with E-state index in [9.17, 15) is 4.79 Å². The van der Waals surface area contributed by atoms with Crippen molar-refractivity contribution in [2.24, 2.45) is 0 Å². The SMILES string of the molecule is COC(=O)Nc1cccc2c1CCC2. The second-order valence-electron chi connectivity index (χ2n) is 3.41. The number of amides is 1. The Bertz CT molecular complexity index is 360. The lowest BCUT2D eigenvalue weighted by Crippen LogP contribution is -2.12. The van der Waals surface area contributed by atoms with Gasteiger partial charge in [-0.15, -0.1) is 0 Å². The van der Waals surface area contributed by atoms with Gasteiger partial charge in [0.15, 0.2) is 0 Å². The zero-order valence-electron chi connectivity index (χ0n) is 8.17. The number of carbonyl (C=O) groups is 1. The molecule has 1 aromatic carbocycles. The van der Waals surface area contributed by atoms with Gasteiger partial charge in [0.1, 0.15) is 0 Å². The quantitative estimate of drug-likeness (QED) is 0.740. The van der Waals surface area contributed by atoms with Crippen LogP contribution in [0.1, 0.15) is 17.5 Å². The summed E-state index contributed by atoms with van der Waals surface area (Å²) in [4.78, 5) is 11.0. The molecule has 0 fully saturated rings. The van der Waals surface area contributed by atoms with Crippen LogP contribution < -0.4 is 5.32 Å². The van der Waals surface area contributed by atoms with Crippen LogP contribution in [0.5, 0.6) is 0 Å². The lowest BCUT2D eigenvalue weighted by Gasteiger charge is -2.08. The number of rotatable bonds is 1. The molecule has 74 valence electrons. The highest BCUT2D eigenvalue weighted by molar-refractivity contribution is 5.86. The molecule has 1 aliphatic carbocycles. The largest absolute Gasteiger partial charge is 0.453 e. The molecule has 1 aliphatic rings. The maximum Gasteiger partial charge on any atom is 0.411 e. The van der Waals surface area contributed by atoms with Crippen LogP contribution in [0.25, 0.3) is 0 Å². The van der Waals surface area contributed by atoms with Gasteiger partial charge in [0.05, 0.1) is 7.11 Å². The van der Waals surface area contributed by atoms with E-state index in [1.54, 1.807) is 0 Å². The Labute approximate surface area is 83.1 Å². The minimum Gasteiger partial charge on any atom is -0.453 e. The first kappa shape index (κ1) is 9.06. The van der Waals surface area contributed by atoms with Crippen molar-refractivity contribution in [2.75, 3.05) is 12.4 Å². The molecule has 0 atom stereocenters. The number of nitrogens with one attached hydrogen (secondary N) is 1. The van der Waals surface area contributed by atoms with Crippen molar-refractivity contribution in [3.8, 4) is 0 Å². The number of benzene rings is 1.